The number of hydrogen-bond donors (Lipinski definition) is 3. The summed E-state index contributed by atoms with van der Waals surface area (Å²) in [4.78, 5) is 3.98. The molecule has 0 aliphatic rings. The molecule has 0 aromatic carbocycles. The van der Waals surface area contributed by atoms with Crippen LogP contribution >= 0.6 is 0 Å². The van der Waals surface area contributed by atoms with Gasteiger partial charge in [0, 0.05) is 6.04 Å². The van der Waals surface area contributed by atoms with Gasteiger partial charge in [0.2, 0.25) is 11.9 Å². The van der Waals surface area contributed by atoms with E-state index in [4.69, 9.17) is 5.73 Å². The molecule has 0 radical (unpaired) electrons. The Balaban J connectivity index is 2.37. The van der Waals surface area contributed by atoms with Crippen LogP contribution in [0.1, 0.15) is 33.6 Å². The number of aromatic nitrogens is 3. The topological polar surface area (TPSA) is 79.6 Å². The number of hydrogen-bond acceptors (Lipinski definition) is 4. The molecule has 1 rings (SSSR count). The lowest BCUT2D eigenvalue weighted by Gasteiger charge is -2.15. The second-order valence-electron chi connectivity index (χ2n) is 3.84. The number of nitrogens with zero attached hydrogens (tertiary/aromatic N) is 2. The van der Waals surface area contributed by atoms with Crippen molar-refractivity contribution in [1.82, 2.24) is 15.2 Å². The van der Waals surface area contributed by atoms with Crippen molar-refractivity contribution in [2.75, 3.05) is 11.1 Å². The Bertz CT molecular complexity index is 270. The lowest BCUT2D eigenvalue weighted by Crippen LogP contribution is -2.19. The maximum absolute atomic E-state index is 5.41. The Morgan fingerprint density at radius 2 is 2.21 bits per heavy atom. The van der Waals surface area contributed by atoms with Crippen LogP contribution in [0.2, 0.25) is 0 Å². The van der Waals surface area contributed by atoms with E-state index < -0.39 is 0 Å². The molecular formula is C9H19N5. The molecule has 1 aromatic heterocycles. The quantitative estimate of drug-likeness (QED) is 0.670. The van der Waals surface area contributed by atoms with Crippen LogP contribution in [-0.4, -0.2) is 21.2 Å². The van der Waals surface area contributed by atoms with Crippen molar-refractivity contribution >= 4 is 11.9 Å². The summed E-state index contributed by atoms with van der Waals surface area (Å²) in [7, 11) is 0. The number of aromatic amines is 1. The Labute approximate surface area is 84.5 Å². The van der Waals surface area contributed by atoms with Gasteiger partial charge in [0.05, 0.1) is 0 Å². The van der Waals surface area contributed by atoms with Crippen LogP contribution in [0, 0.1) is 5.92 Å². The molecule has 4 N–H and O–H groups in total. The summed E-state index contributed by atoms with van der Waals surface area (Å²) in [6, 6.07) is 0.375. The molecule has 2 atom stereocenters. The van der Waals surface area contributed by atoms with Crippen molar-refractivity contribution < 1.29 is 0 Å². The molecule has 0 spiro atoms. The van der Waals surface area contributed by atoms with Gasteiger partial charge < -0.3 is 11.1 Å². The van der Waals surface area contributed by atoms with Crippen LogP contribution in [0.5, 0.6) is 0 Å². The fourth-order valence-corrected chi connectivity index (χ4v) is 1.39. The Morgan fingerprint density at radius 3 is 2.71 bits per heavy atom. The van der Waals surface area contributed by atoms with Crippen molar-refractivity contribution in [2.45, 2.75) is 39.7 Å². The average Bonchev–Trinajstić information content (AvgIpc) is 2.50. The fourth-order valence-electron chi connectivity index (χ4n) is 1.39. The van der Waals surface area contributed by atoms with Crippen LogP contribution in [0.4, 0.5) is 11.9 Å². The predicted octanol–water partition coefficient (Wildman–Crippen LogP) is 1.62. The molecule has 0 saturated heterocycles. The molecule has 0 bridgehead atoms. The van der Waals surface area contributed by atoms with Gasteiger partial charge in [0.1, 0.15) is 0 Å². The number of nitrogens with one attached hydrogen (secondary N) is 2. The second kappa shape index (κ2) is 4.83. The normalized spacial score (nSPS) is 15.1. The highest BCUT2D eigenvalue weighted by Gasteiger charge is 2.08. The van der Waals surface area contributed by atoms with Crippen LogP contribution in [-0.2, 0) is 0 Å². The van der Waals surface area contributed by atoms with Gasteiger partial charge in [-0.1, -0.05) is 20.3 Å². The SMILES string of the molecule is CCC(C)CC(C)Nc1n[nH]c(N)n1. The first-order valence-corrected chi connectivity index (χ1v) is 5.06. The maximum Gasteiger partial charge on any atom is 0.243 e. The molecule has 80 valence electrons. The minimum absolute atomic E-state index is 0.350. The Hall–Kier alpha value is -1.26. The summed E-state index contributed by atoms with van der Waals surface area (Å²) < 4.78 is 0. The molecular weight excluding hydrogens is 178 g/mol. The van der Waals surface area contributed by atoms with E-state index >= 15 is 0 Å². The zero-order valence-electron chi connectivity index (χ0n) is 9.04. The number of H-pyrrole nitrogens is 1. The monoisotopic (exact) mass is 197 g/mol. The highest BCUT2D eigenvalue weighted by atomic mass is 15.3. The lowest BCUT2D eigenvalue weighted by molar-refractivity contribution is 0.482. The summed E-state index contributed by atoms with van der Waals surface area (Å²) in [5.41, 5.74) is 5.41. The predicted molar refractivity (Wildman–Crippen MR) is 58.0 cm³/mol. The van der Waals surface area contributed by atoms with Gasteiger partial charge in [-0.05, 0) is 19.3 Å². The van der Waals surface area contributed by atoms with Crippen molar-refractivity contribution in [3.05, 3.63) is 0 Å². The molecule has 14 heavy (non-hydrogen) atoms. The minimum atomic E-state index is 0.350. The third kappa shape index (κ3) is 3.24. The van der Waals surface area contributed by atoms with E-state index in [1.54, 1.807) is 0 Å². The highest BCUT2D eigenvalue weighted by molar-refractivity contribution is 5.30. The first kappa shape index (κ1) is 10.8. The standard InChI is InChI=1S/C9H19N5/c1-4-6(2)5-7(3)11-9-12-8(10)13-14-9/h6-7H,4-5H2,1-3H3,(H4,10,11,12,13,14). The molecule has 0 aliphatic carbocycles. The second-order valence-corrected chi connectivity index (χ2v) is 3.84. The van der Waals surface area contributed by atoms with Gasteiger partial charge in [0.15, 0.2) is 0 Å². The summed E-state index contributed by atoms with van der Waals surface area (Å²) in [5, 5.41) is 9.71. The average molecular weight is 197 g/mol. The van der Waals surface area contributed by atoms with Crippen LogP contribution in [0.15, 0.2) is 0 Å². The first-order valence-electron chi connectivity index (χ1n) is 5.06. The van der Waals surface area contributed by atoms with E-state index in [0.29, 0.717) is 23.9 Å². The van der Waals surface area contributed by atoms with Crippen LogP contribution in [0.3, 0.4) is 0 Å². The largest absolute Gasteiger partial charge is 0.368 e. The number of rotatable bonds is 5. The van der Waals surface area contributed by atoms with Gasteiger partial charge in [-0.25, -0.2) is 5.10 Å². The molecule has 0 amide bonds. The summed E-state index contributed by atoms with van der Waals surface area (Å²) in [6.45, 7) is 6.56. The molecule has 0 fully saturated rings. The summed E-state index contributed by atoms with van der Waals surface area (Å²) in [6.07, 6.45) is 2.31. The van der Waals surface area contributed by atoms with Gasteiger partial charge in [-0.2, -0.15) is 4.98 Å². The van der Waals surface area contributed by atoms with Crippen molar-refractivity contribution in [1.29, 1.82) is 0 Å². The van der Waals surface area contributed by atoms with Gasteiger partial charge in [0.25, 0.3) is 0 Å². The van der Waals surface area contributed by atoms with E-state index in [-0.39, 0.29) is 0 Å². The Kier molecular flexibility index (Phi) is 3.73. The molecule has 5 heteroatoms. The molecule has 0 aliphatic heterocycles. The van der Waals surface area contributed by atoms with E-state index in [1.165, 1.54) is 6.42 Å². The zero-order chi connectivity index (χ0) is 10.6. The molecule has 2 unspecified atom stereocenters. The molecule has 1 heterocycles. The van der Waals surface area contributed by atoms with Crippen LogP contribution in [0.25, 0.3) is 0 Å². The van der Waals surface area contributed by atoms with Gasteiger partial charge in [-0.15, -0.1) is 5.10 Å². The highest BCUT2D eigenvalue weighted by Crippen LogP contribution is 2.12. The third-order valence-electron chi connectivity index (χ3n) is 2.33. The van der Waals surface area contributed by atoms with E-state index in [0.717, 1.165) is 6.42 Å². The van der Waals surface area contributed by atoms with Crippen molar-refractivity contribution in [2.24, 2.45) is 5.92 Å². The third-order valence-corrected chi connectivity index (χ3v) is 2.33. The van der Waals surface area contributed by atoms with Crippen molar-refractivity contribution in [3.8, 4) is 0 Å². The van der Waals surface area contributed by atoms with Crippen LogP contribution < -0.4 is 11.1 Å². The molecule has 5 nitrogen and oxygen atoms in total. The number of nitrogens with two attached hydrogens (primary N) is 1. The first-order chi connectivity index (χ1) is 6.61. The van der Waals surface area contributed by atoms with E-state index in [2.05, 4.69) is 41.3 Å². The molecule has 1 aromatic rings. The van der Waals surface area contributed by atoms with Gasteiger partial charge in [-0.3, -0.25) is 0 Å². The fraction of sp³-hybridized carbons (Fsp3) is 0.778. The number of nitrogen functional groups attached to an aromatic ring is 1. The summed E-state index contributed by atoms with van der Waals surface area (Å²) in [5.74, 6) is 1.65. The zero-order valence-corrected chi connectivity index (χ0v) is 9.04. The van der Waals surface area contributed by atoms with Gasteiger partial charge >= 0.3 is 0 Å². The van der Waals surface area contributed by atoms with E-state index in [1.807, 2.05) is 0 Å². The smallest absolute Gasteiger partial charge is 0.243 e. The number of anilines is 2. The van der Waals surface area contributed by atoms with Crippen molar-refractivity contribution in [3.63, 3.8) is 0 Å². The van der Waals surface area contributed by atoms with E-state index in [9.17, 15) is 0 Å². The maximum atomic E-state index is 5.41. The Morgan fingerprint density at radius 1 is 1.50 bits per heavy atom. The lowest BCUT2D eigenvalue weighted by atomic mass is 10.0. The minimum Gasteiger partial charge on any atom is -0.368 e. The molecule has 0 saturated carbocycles. The summed E-state index contributed by atoms with van der Waals surface area (Å²) >= 11 is 0.